The van der Waals surface area contributed by atoms with Crippen LogP contribution in [0, 0.1) is 0 Å². The average molecular weight is 228 g/mol. The summed E-state index contributed by atoms with van der Waals surface area (Å²) in [4.78, 5) is 10.6. The molecular weight excluding hydrogens is 216 g/mol. The fourth-order valence-electron chi connectivity index (χ4n) is 1.09. The van der Waals surface area contributed by atoms with Crippen LogP contribution in [0.1, 0.15) is 12.5 Å². The lowest BCUT2D eigenvalue weighted by Crippen LogP contribution is -2.28. The van der Waals surface area contributed by atoms with E-state index in [1.807, 2.05) is 0 Å². The zero-order valence-corrected chi connectivity index (χ0v) is 9.07. The van der Waals surface area contributed by atoms with E-state index in [1.54, 1.807) is 30.3 Å². The standard InChI is InChI=1S/C10H12O4S/c1-8(10(11)12)15(13,14)7-9-5-3-2-4-6-9/h2-6,8H,7H2,1H3,(H,11,12). The Morgan fingerprint density at radius 3 is 2.33 bits per heavy atom. The molecule has 0 saturated heterocycles. The largest absolute Gasteiger partial charge is 0.480 e. The third-order valence-corrected chi connectivity index (χ3v) is 4.11. The first-order valence-corrected chi connectivity index (χ1v) is 6.13. The minimum atomic E-state index is -3.61. The molecule has 0 saturated carbocycles. The normalized spacial score (nSPS) is 13.4. The number of hydrogen-bond donors (Lipinski definition) is 1. The van der Waals surface area contributed by atoms with Crippen molar-refractivity contribution in [2.24, 2.45) is 0 Å². The zero-order chi connectivity index (χ0) is 11.5. The van der Waals surface area contributed by atoms with Gasteiger partial charge >= 0.3 is 5.97 Å². The molecule has 82 valence electrons. The Hall–Kier alpha value is -1.36. The van der Waals surface area contributed by atoms with Crippen LogP contribution in [0.5, 0.6) is 0 Å². The summed E-state index contributed by atoms with van der Waals surface area (Å²) in [6, 6.07) is 8.53. The molecule has 1 unspecified atom stereocenters. The van der Waals surface area contributed by atoms with Gasteiger partial charge in [0.1, 0.15) is 0 Å². The highest BCUT2D eigenvalue weighted by atomic mass is 32.2. The van der Waals surface area contributed by atoms with E-state index in [-0.39, 0.29) is 5.75 Å². The van der Waals surface area contributed by atoms with Crippen LogP contribution in [-0.4, -0.2) is 24.7 Å². The molecule has 0 fully saturated rings. The smallest absolute Gasteiger partial charge is 0.321 e. The van der Waals surface area contributed by atoms with Crippen molar-refractivity contribution in [2.45, 2.75) is 17.9 Å². The quantitative estimate of drug-likeness (QED) is 0.836. The number of sulfone groups is 1. The maximum Gasteiger partial charge on any atom is 0.321 e. The van der Waals surface area contributed by atoms with E-state index in [0.29, 0.717) is 5.56 Å². The number of aliphatic carboxylic acids is 1. The van der Waals surface area contributed by atoms with Crippen molar-refractivity contribution in [3.05, 3.63) is 35.9 Å². The highest BCUT2D eigenvalue weighted by Crippen LogP contribution is 2.10. The summed E-state index contributed by atoms with van der Waals surface area (Å²) in [6.07, 6.45) is 0. The minimum absolute atomic E-state index is 0.235. The molecule has 1 aromatic rings. The summed E-state index contributed by atoms with van der Waals surface area (Å²) in [5, 5.41) is 7.25. The SMILES string of the molecule is CC(C(=O)O)S(=O)(=O)Cc1ccccc1. The fraction of sp³-hybridized carbons (Fsp3) is 0.300. The van der Waals surface area contributed by atoms with Gasteiger partial charge in [-0.1, -0.05) is 30.3 Å². The van der Waals surface area contributed by atoms with Crippen molar-refractivity contribution >= 4 is 15.8 Å². The second kappa shape index (κ2) is 4.44. The van der Waals surface area contributed by atoms with Crippen LogP contribution in [0.25, 0.3) is 0 Å². The van der Waals surface area contributed by atoms with Crippen LogP contribution in [0.15, 0.2) is 30.3 Å². The highest BCUT2D eigenvalue weighted by molar-refractivity contribution is 7.91. The van der Waals surface area contributed by atoms with Crippen molar-refractivity contribution < 1.29 is 18.3 Å². The van der Waals surface area contributed by atoms with Crippen LogP contribution >= 0.6 is 0 Å². The van der Waals surface area contributed by atoms with Crippen molar-refractivity contribution in [1.29, 1.82) is 0 Å². The number of rotatable bonds is 4. The van der Waals surface area contributed by atoms with E-state index < -0.39 is 21.1 Å². The predicted octanol–water partition coefficient (Wildman–Crippen LogP) is 1.07. The Labute approximate surface area is 88.5 Å². The molecular formula is C10H12O4S. The van der Waals surface area contributed by atoms with E-state index in [4.69, 9.17) is 5.11 Å². The number of carbonyl (C=O) groups is 1. The van der Waals surface area contributed by atoms with Gasteiger partial charge in [0.25, 0.3) is 0 Å². The van der Waals surface area contributed by atoms with Gasteiger partial charge in [-0.3, -0.25) is 4.79 Å². The third kappa shape index (κ3) is 3.06. The molecule has 1 aromatic carbocycles. The summed E-state index contributed by atoms with van der Waals surface area (Å²) in [5.41, 5.74) is 0.602. The number of carboxylic acid groups (broad SMARTS) is 1. The van der Waals surface area contributed by atoms with Gasteiger partial charge in [0.05, 0.1) is 5.75 Å². The number of hydrogen-bond acceptors (Lipinski definition) is 3. The van der Waals surface area contributed by atoms with Crippen LogP contribution in [0.4, 0.5) is 0 Å². The van der Waals surface area contributed by atoms with Gasteiger partial charge in [-0.15, -0.1) is 0 Å². The molecule has 0 aliphatic rings. The Morgan fingerprint density at radius 1 is 1.33 bits per heavy atom. The molecule has 0 aliphatic heterocycles. The Morgan fingerprint density at radius 2 is 1.87 bits per heavy atom. The van der Waals surface area contributed by atoms with Gasteiger partial charge in [-0.25, -0.2) is 8.42 Å². The van der Waals surface area contributed by atoms with Gasteiger partial charge in [0.2, 0.25) is 0 Å². The number of benzene rings is 1. The van der Waals surface area contributed by atoms with E-state index in [9.17, 15) is 13.2 Å². The van der Waals surface area contributed by atoms with E-state index in [2.05, 4.69) is 0 Å². The van der Waals surface area contributed by atoms with E-state index in [0.717, 1.165) is 0 Å². The highest BCUT2D eigenvalue weighted by Gasteiger charge is 2.27. The van der Waals surface area contributed by atoms with Gasteiger partial charge in [0, 0.05) is 0 Å². The lowest BCUT2D eigenvalue weighted by Gasteiger charge is -2.07. The molecule has 0 radical (unpaired) electrons. The summed E-state index contributed by atoms with van der Waals surface area (Å²) in [6.45, 7) is 1.18. The maximum absolute atomic E-state index is 11.6. The van der Waals surface area contributed by atoms with Gasteiger partial charge in [0.15, 0.2) is 15.1 Å². The second-order valence-corrected chi connectivity index (χ2v) is 5.59. The second-order valence-electron chi connectivity index (χ2n) is 3.27. The molecule has 1 N–H and O–H groups in total. The van der Waals surface area contributed by atoms with Crippen LogP contribution in [0.2, 0.25) is 0 Å². The molecule has 1 rings (SSSR count). The zero-order valence-electron chi connectivity index (χ0n) is 8.25. The molecule has 0 amide bonds. The molecule has 0 aromatic heterocycles. The van der Waals surface area contributed by atoms with Crippen LogP contribution in [0.3, 0.4) is 0 Å². The summed E-state index contributed by atoms with van der Waals surface area (Å²) >= 11 is 0. The Bertz CT molecular complexity index is 436. The molecule has 15 heavy (non-hydrogen) atoms. The first-order chi connectivity index (χ1) is 6.93. The molecule has 4 nitrogen and oxygen atoms in total. The van der Waals surface area contributed by atoms with Crippen molar-refractivity contribution in [3.8, 4) is 0 Å². The lowest BCUT2D eigenvalue weighted by atomic mass is 10.2. The monoisotopic (exact) mass is 228 g/mol. The Kier molecular flexibility index (Phi) is 3.47. The molecule has 0 bridgehead atoms. The summed E-state index contributed by atoms with van der Waals surface area (Å²) < 4.78 is 23.1. The molecule has 0 spiro atoms. The third-order valence-electron chi connectivity index (χ3n) is 2.10. The van der Waals surface area contributed by atoms with Crippen molar-refractivity contribution in [3.63, 3.8) is 0 Å². The van der Waals surface area contributed by atoms with Gasteiger partial charge < -0.3 is 5.11 Å². The average Bonchev–Trinajstić information content (AvgIpc) is 2.17. The Balaban J connectivity index is 2.87. The van der Waals surface area contributed by atoms with E-state index >= 15 is 0 Å². The summed E-state index contributed by atoms with van der Waals surface area (Å²) in [7, 11) is -3.61. The molecule has 0 aliphatic carbocycles. The summed E-state index contributed by atoms with van der Waals surface area (Å²) in [5.74, 6) is -1.55. The van der Waals surface area contributed by atoms with Crippen LogP contribution in [-0.2, 0) is 20.4 Å². The van der Waals surface area contributed by atoms with Gasteiger partial charge in [-0.2, -0.15) is 0 Å². The van der Waals surface area contributed by atoms with E-state index in [1.165, 1.54) is 6.92 Å². The lowest BCUT2D eigenvalue weighted by molar-refractivity contribution is -0.136. The van der Waals surface area contributed by atoms with Crippen molar-refractivity contribution in [1.82, 2.24) is 0 Å². The first kappa shape index (κ1) is 11.7. The topological polar surface area (TPSA) is 71.4 Å². The van der Waals surface area contributed by atoms with Crippen molar-refractivity contribution in [2.75, 3.05) is 0 Å². The number of carboxylic acids is 1. The first-order valence-electron chi connectivity index (χ1n) is 4.42. The molecule has 1 atom stereocenters. The fourth-order valence-corrected chi connectivity index (χ4v) is 2.30. The molecule has 5 heteroatoms. The predicted molar refractivity (Wildman–Crippen MR) is 56.2 cm³/mol. The molecule has 0 heterocycles. The maximum atomic E-state index is 11.6. The minimum Gasteiger partial charge on any atom is -0.480 e. The van der Waals surface area contributed by atoms with Crippen LogP contribution < -0.4 is 0 Å². The van der Waals surface area contributed by atoms with Gasteiger partial charge in [-0.05, 0) is 12.5 Å².